The number of aliphatic carboxylic acids is 1. The number of hydrogen-bond acceptors (Lipinski definition) is 9. The van der Waals surface area contributed by atoms with Crippen LogP contribution in [0.2, 0.25) is 0 Å². The van der Waals surface area contributed by atoms with Gasteiger partial charge in [0.15, 0.2) is 0 Å². The van der Waals surface area contributed by atoms with Crippen LogP contribution >= 0.6 is 0 Å². The van der Waals surface area contributed by atoms with E-state index < -0.39 is 17.3 Å². The van der Waals surface area contributed by atoms with Crippen molar-refractivity contribution in [3.63, 3.8) is 0 Å². The van der Waals surface area contributed by atoms with E-state index >= 15 is 0 Å². The lowest BCUT2D eigenvalue weighted by Gasteiger charge is -2.68. The van der Waals surface area contributed by atoms with Gasteiger partial charge in [0.25, 0.3) is 5.95 Å². The number of nitrogens with one attached hydrogen (secondary N) is 1. The highest BCUT2D eigenvalue weighted by atomic mass is 16.5. The Labute approximate surface area is 308 Å². The van der Waals surface area contributed by atoms with Crippen molar-refractivity contribution in [2.75, 3.05) is 45.8 Å². The van der Waals surface area contributed by atoms with Crippen molar-refractivity contribution in [3.05, 3.63) is 11.6 Å². The number of aliphatic hydroxyl groups is 1. The molecule has 0 bridgehead atoms. The van der Waals surface area contributed by atoms with Crippen molar-refractivity contribution in [3.8, 4) is 0 Å². The topological polar surface area (TPSA) is 158 Å². The largest absolute Gasteiger partial charge is 0.481 e. The summed E-state index contributed by atoms with van der Waals surface area (Å²) in [6.07, 6.45) is 9.59. The van der Waals surface area contributed by atoms with E-state index in [1.54, 1.807) is 11.9 Å². The standard InChI is InChI=1S/C40H72N6O5/c1-12-29-14-15-31-32(16-17-38(9)33(34(48)49)36(7,28(6)26(2)3)18-19-37(31,38)8)40(29,25-50-11)22-30(46-44-35(41)43-45-46)23-51-24-39(10,27(4)5)42-20-13-21-47/h16,26-31,33,42,47H,12-15,17-25H2,1-11H3,(H2,41,44)(H,48,49)/t28-,29-,30-,31+,33-,36-,37-,38+,39+,40-/m1/s1. The monoisotopic (exact) mass is 717 g/mol. The summed E-state index contributed by atoms with van der Waals surface area (Å²) < 4.78 is 12.8. The lowest BCUT2D eigenvalue weighted by atomic mass is 9.36. The Kier molecular flexibility index (Phi) is 13.2. The fraction of sp³-hybridized carbons (Fsp3) is 0.900. The Morgan fingerprint density at radius 1 is 1.16 bits per heavy atom. The fourth-order valence-electron chi connectivity index (χ4n) is 11.2. The van der Waals surface area contributed by atoms with Crippen molar-refractivity contribution in [1.82, 2.24) is 25.5 Å². The molecule has 3 aliphatic rings. The highest BCUT2D eigenvalue weighted by Crippen LogP contribution is 2.72. The second kappa shape index (κ2) is 16.1. The van der Waals surface area contributed by atoms with Gasteiger partial charge in [-0.15, -0.1) is 5.10 Å². The van der Waals surface area contributed by atoms with Gasteiger partial charge in [0, 0.05) is 24.7 Å². The Hall–Kier alpha value is -2.08. The summed E-state index contributed by atoms with van der Waals surface area (Å²) in [5.74, 6) is 0.648. The van der Waals surface area contributed by atoms with Crippen LogP contribution in [-0.4, -0.2) is 82.0 Å². The molecule has 0 unspecified atom stereocenters. The summed E-state index contributed by atoms with van der Waals surface area (Å²) in [6, 6.07) is -0.248. The number of carboxylic acid groups (broad SMARTS) is 1. The van der Waals surface area contributed by atoms with Crippen LogP contribution in [0.1, 0.15) is 127 Å². The number of anilines is 1. The van der Waals surface area contributed by atoms with E-state index in [0.29, 0.717) is 62.9 Å². The van der Waals surface area contributed by atoms with Crippen LogP contribution in [0.25, 0.3) is 0 Å². The van der Waals surface area contributed by atoms with Crippen LogP contribution < -0.4 is 11.1 Å². The van der Waals surface area contributed by atoms with Gasteiger partial charge < -0.3 is 30.7 Å². The van der Waals surface area contributed by atoms with Gasteiger partial charge in [0.1, 0.15) is 0 Å². The number of methoxy groups -OCH3 is 1. The fourth-order valence-corrected chi connectivity index (χ4v) is 11.2. The van der Waals surface area contributed by atoms with Crippen LogP contribution in [0.15, 0.2) is 11.6 Å². The Morgan fingerprint density at radius 2 is 1.86 bits per heavy atom. The van der Waals surface area contributed by atoms with Gasteiger partial charge in [-0.05, 0) is 109 Å². The lowest BCUT2D eigenvalue weighted by Crippen LogP contribution is -2.64. The second-order valence-electron chi connectivity index (χ2n) is 18.2. The summed E-state index contributed by atoms with van der Waals surface area (Å²) in [6.45, 7) is 24.8. The average molecular weight is 717 g/mol. The van der Waals surface area contributed by atoms with Crippen molar-refractivity contribution >= 4 is 11.9 Å². The molecule has 51 heavy (non-hydrogen) atoms. The normalized spacial score (nSPS) is 34.8. The van der Waals surface area contributed by atoms with Gasteiger partial charge in [-0.3, -0.25) is 4.79 Å². The molecule has 3 aliphatic carbocycles. The van der Waals surface area contributed by atoms with E-state index in [1.807, 2.05) is 0 Å². The smallest absolute Gasteiger partial charge is 0.307 e. The van der Waals surface area contributed by atoms with E-state index in [-0.39, 0.29) is 46.3 Å². The van der Waals surface area contributed by atoms with Crippen LogP contribution in [0, 0.1) is 57.2 Å². The molecule has 0 radical (unpaired) electrons. The molecule has 11 heteroatoms. The number of aromatic nitrogens is 4. The number of rotatable bonds is 18. The molecule has 0 spiro atoms. The Morgan fingerprint density at radius 3 is 2.41 bits per heavy atom. The predicted molar refractivity (Wildman–Crippen MR) is 202 cm³/mol. The molecule has 1 aromatic heterocycles. The molecule has 0 amide bonds. The molecule has 1 aromatic rings. The molecule has 10 atom stereocenters. The molecule has 2 fully saturated rings. The van der Waals surface area contributed by atoms with Crippen LogP contribution in [0.5, 0.6) is 0 Å². The number of nitrogens with two attached hydrogens (primary N) is 1. The number of hydrogen-bond donors (Lipinski definition) is 4. The van der Waals surface area contributed by atoms with Crippen molar-refractivity contribution in [2.24, 2.45) is 57.2 Å². The maximum absolute atomic E-state index is 13.5. The number of aliphatic hydroxyl groups excluding tert-OH is 1. The van der Waals surface area contributed by atoms with E-state index in [9.17, 15) is 15.0 Å². The number of fused-ring (bicyclic) bond motifs is 3. The maximum Gasteiger partial charge on any atom is 0.307 e. The minimum Gasteiger partial charge on any atom is -0.481 e. The summed E-state index contributed by atoms with van der Waals surface area (Å²) in [5, 5.41) is 37.0. The number of nitrogen functional groups attached to an aromatic ring is 1. The average Bonchev–Trinajstić information content (AvgIpc) is 3.50. The van der Waals surface area contributed by atoms with Gasteiger partial charge in [0.2, 0.25) is 0 Å². The molecule has 5 N–H and O–H groups in total. The summed E-state index contributed by atoms with van der Waals surface area (Å²) in [5.41, 5.74) is 6.01. The van der Waals surface area contributed by atoms with Crippen molar-refractivity contribution < 1.29 is 24.5 Å². The Balaban J connectivity index is 1.77. The highest BCUT2D eigenvalue weighted by Gasteiger charge is 2.68. The number of nitrogens with zero attached hydrogens (tertiary/aromatic N) is 4. The molecular weight excluding hydrogens is 644 g/mol. The second-order valence-corrected chi connectivity index (χ2v) is 18.2. The number of allylic oxidation sites excluding steroid dienone is 1. The van der Waals surface area contributed by atoms with E-state index in [2.05, 4.69) is 96.0 Å². The van der Waals surface area contributed by atoms with Crippen molar-refractivity contribution in [2.45, 2.75) is 132 Å². The van der Waals surface area contributed by atoms with Crippen LogP contribution in [0.3, 0.4) is 0 Å². The van der Waals surface area contributed by atoms with Crippen molar-refractivity contribution in [1.29, 1.82) is 0 Å². The first-order chi connectivity index (χ1) is 23.9. The molecule has 292 valence electrons. The molecule has 0 saturated heterocycles. The Bertz CT molecular complexity index is 1350. The number of carbonyl (C=O) groups is 1. The van der Waals surface area contributed by atoms with Gasteiger partial charge in [-0.1, -0.05) is 85.5 Å². The molecule has 1 heterocycles. The third-order valence-electron chi connectivity index (χ3n) is 15.2. The van der Waals surface area contributed by atoms with E-state index in [0.717, 1.165) is 38.5 Å². The predicted octanol–water partition coefficient (Wildman–Crippen LogP) is 6.79. The number of tetrazole rings is 1. The summed E-state index contributed by atoms with van der Waals surface area (Å²) in [4.78, 5) is 15.1. The zero-order valence-electron chi connectivity index (χ0n) is 33.8. The minimum atomic E-state index is -0.646. The third kappa shape index (κ3) is 7.52. The summed E-state index contributed by atoms with van der Waals surface area (Å²) >= 11 is 0. The SMILES string of the molecule is CC[C@@H]1CC[C@H]2C(=CC[C@@]3(C)[C@H](C(=O)O)[C@@](C)([C@H](C)C(C)C)CC[C@]23C)[C@@]1(COC)C[C@H](COC[C@](C)(NCCCO)C(C)C)n1nnc(N)n1. The van der Waals surface area contributed by atoms with Crippen LogP contribution in [0.4, 0.5) is 5.95 Å². The first kappa shape index (κ1) is 41.7. The maximum atomic E-state index is 13.5. The van der Waals surface area contributed by atoms with E-state index in [1.165, 1.54) is 5.57 Å². The third-order valence-corrected chi connectivity index (χ3v) is 15.2. The summed E-state index contributed by atoms with van der Waals surface area (Å²) in [7, 11) is 1.80. The molecular formula is C40H72N6O5. The van der Waals surface area contributed by atoms with E-state index in [4.69, 9.17) is 15.2 Å². The van der Waals surface area contributed by atoms with Crippen LogP contribution in [-0.2, 0) is 14.3 Å². The molecule has 11 nitrogen and oxygen atoms in total. The number of ether oxygens (including phenoxy) is 2. The van der Waals surface area contributed by atoms with Gasteiger partial charge >= 0.3 is 5.97 Å². The first-order valence-corrected chi connectivity index (χ1v) is 19.8. The van der Waals surface area contributed by atoms with Gasteiger partial charge in [0.05, 0.1) is 31.8 Å². The molecule has 0 aromatic carbocycles. The number of carboxylic acids is 1. The van der Waals surface area contributed by atoms with Gasteiger partial charge in [-0.2, -0.15) is 4.80 Å². The highest BCUT2D eigenvalue weighted by molar-refractivity contribution is 5.73. The molecule has 0 aliphatic heterocycles. The minimum absolute atomic E-state index is 0.132. The lowest BCUT2D eigenvalue weighted by molar-refractivity contribution is -0.195. The van der Waals surface area contributed by atoms with Gasteiger partial charge in [-0.25, -0.2) is 0 Å². The molecule has 2 saturated carbocycles. The first-order valence-electron chi connectivity index (χ1n) is 19.8. The zero-order chi connectivity index (χ0) is 38.0. The zero-order valence-corrected chi connectivity index (χ0v) is 33.8. The quantitative estimate of drug-likeness (QED) is 0.0942. The molecule has 4 rings (SSSR count).